The molecule has 0 radical (unpaired) electrons. The van der Waals surface area contributed by atoms with E-state index in [0.717, 1.165) is 39.9 Å². The van der Waals surface area contributed by atoms with Crippen molar-refractivity contribution in [2.24, 2.45) is 0 Å². The van der Waals surface area contributed by atoms with Crippen LogP contribution in [0.15, 0.2) is 24.3 Å². The molecule has 0 bridgehead atoms. The minimum atomic E-state index is -1.50. The molecule has 2 rings (SSSR count). The summed E-state index contributed by atoms with van der Waals surface area (Å²) in [6, 6.07) is 7.03. The van der Waals surface area contributed by atoms with Crippen molar-refractivity contribution in [1.82, 2.24) is 0 Å². The van der Waals surface area contributed by atoms with Crippen LogP contribution in [0, 0.1) is 0 Å². The lowest BCUT2D eigenvalue weighted by atomic mass is 9.97. The summed E-state index contributed by atoms with van der Waals surface area (Å²) in [5, 5.41) is 0. The van der Waals surface area contributed by atoms with Crippen LogP contribution < -0.4 is 4.74 Å². The number of carbonyl (C=O) groups excluding carboxylic acids is 4. The van der Waals surface area contributed by atoms with Gasteiger partial charge in [0.15, 0.2) is 18.3 Å². The summed E-state index contributed by atoms with van der Waals surface area (Å²) >= 11 is 0. The zero-order valence-corrected chi connectivity index (χ0v) is 18.0. The highest BCUT2D eigenvalue weighted by Crippen LogP contribution is 2.31. The molecule has 5 atom stereocenters. The number of aryl methyl sites for hydroxylation is 1. The van der Waals surface area contributed by atoms with Gasteiger partial charge in [-0.25, -0.2) is 4.79 Å². The molecule has 1 aliphatic heterocycles. The van der Waals surface area contributed by atoms with Crippen molar-refractivity contribution >= 4 is 23.9 Å². The van der Waals surface area contributed by atoms with Gasteiger partial charge in [-0.15, -0.1) is 0 Å². The third kappa shape index (κ3) is 6.42. The largest absolute Gasteiger partial charge is 0.467 e. The second-order valence-electron chi connectivity index (χ2n) is 6.79. The molecule has 31 heavy (non-hydrogen) atoms. The summed E-state index contributed by atoms with van der Waals surface area (Å²) in [6.07, 6.45) is -6.19. The van der Waals surface area contributed by atoms with Crippen LogP contribution in [0.1, 0.15) is 33.3 Å². The van der Waals surface area contributed by atoms with Gasteiger partial charge in [0.2, 0.25) is 12.4 Å². The second-order valence-corrected chi connectivity index (χ2v) is 6.79. The highest BCUT2D eigenvalue weighted by atomic mass is 16.7. The molecular formula is C21H26O10. The van der Waals surface area contributed by atoms with E-state index in [4.69, 9.17) is 28.4 Å². The highest BCUT2D eigenvalue weighted by Gasteiger charge is 2.55. The maximum Gasteiger partial charge on any atom is 0.339 e. The van der Waals surface area contributed by atoms with Crippen LogP contribution >= 0.6 is 0 Å². The number of benzene rings is 1. The summed E-state index contributed by atoms with van der Waals surface area (Å²) in [4.78, 5) is 47.5. The molecule has 1 saturated heterocycles. The van der Waals surface area contributed by atoms with Crippen molar-refractivity contribution in [3.8, 4) is 5.75 Å². The predicted molar refractivity (Wildman–Crippen MR) is 104 cm³/mol. The number of hydrogen-bond acceptors (Lipinski definition) is 10. The molecule has 1 aliphatic rings. The van der Waals surface area contributed by atoms with Crippen LogP contribution in [-0.4, -0.2) is 61.7 Å². The minimum absolute atomic E-state index is 0.357. The van der Waals surface area contributed by atoms with E-state index in [1.807, 2.05) is 19.1 Å². The van der Waals surface area contributed by atoms with E-state index in [1.165, 1.54) is 0 Å². The predicted octanol–water partition coefficient (Wildman–Crippen LogP) is 1.32. The molecule has 0 N–H and O–H groups in total. The fourth-order valence-electron chi connectivity index (χ4n) is 3.11. The van der Waals surface area contributed by atoms with E-state index in [0.29, 0.717) is 5.75 Å². The third-order valence-corrected chi connectivity index (χ3v) is 4.42. The van der Waals surface area contributed by atoms with Gasteiger partial charge in [-0.2, -0.15) is 0 Å². The van der Waals surface area contributed by atoms with E-state index >= 15 is 0 Å². The Morgan fingerprint density at radius 3 is 1.84 bits per heavy atom. The standard InChI is InChI=1S/C21H26O10/c1-6-14-7-9-15(10-8-14)30-21-19(29-13(4)24)17(28-12(3)23)16(27-11(2)22)18(31-21)20(25)26-5/h7-10,16-19,21H,6H2,1-5H3/t16-,17+,18+,19+,21+/m0/s1. The van der Waals surface area contributed by atoms with Crippen molar-refractivity contribution in [3.63, 3.8) is 0 Å². The molecule has 1 fully saturated rings. The quantitative estimate of drug-likeness (QED) is 0.455. The smallest absolute Gasteiger partial charge is 0.339 e. The molecule has 0 unspecified atom stereocenters. The van der Waals surface area contributed by atoms with Crippen molar-refractivity contribution in [1.29, 1.82) is 0 Å². The Labute approximate surface area is 179 Å². The first-order valence-electron chi connectivity index (χ1n) is 9.66. The maximum absolute atomic E-state index is 12.4. The molecule has 170 valence electrons. The number of rotatable bonds is 7. The highest BCUT2D eigenvalue weighted by molar-refractivity contribution is 5.77. The van der Waals surface area contributed by atoms with E-state index < -0.39 is 54.6 Å². The first kappa shape index (κ1) is 24.1. The normalized spacial score (nSPS) is 25.1. The molecule has 10 nitrogen and oxygen atoms in total. The Bertz CT molecular complexity index is 803. The zero-order valence-electron chi connectivity index (χ0n) is 18.0. The summed E-state index contributed by atoms with van der Waals surface area (Å²) in [6.45, 7) is 5.37. The second kappa shape index (κ2) is 10.8. The third-order valence-electron chi connectivity index (χ3n) is 4.42. The van der Waals surface area contributed by atoms with Gasteiger partial charge in [0.25, 0.3) is 0 Å². The van der Waals surface area contributed by atoms with Gasteiger partial charge in [-0.1, -0.05) is 19.1 Å². The molecular weight excluding hydrogens is 412 g/mol. The Morgan fingerprint density at radius 1 is 0.839 bits per heavy atom. The van der Waals surface area contributed by atoms with Crippen LogP contribution in [0.3, 0.4) is 0 Å². The van der Waals surface area contributed by atoms with Gasteiger partial charge >= 0.3 is 23.9 Å². The lowest BCUT2D eigenvalue weighted by molar-refractivity contribution is -0.282. The van der Waals surface area contributed by atoms with Crippen molar-refractivity contribution in [2.45, 2.75) is 64.8 Å². The lowest BCUT2D eigenvalue weighted by Gasteiger charge is -2.43. The van der Waals surface area contributed by atoms with Crippen LogP contribution in [0.25, 0.3) is 0 Å². The Hall–Kier alpha value is -3.14. The van der Waals surface area contributed by atoms with Crippen LogP contribution in [0.2, 0.25) is 0 Å². The fourth-order valence-corrected chi connectivity index (χ4v) is 3.11. The van der Waals surface area contributed by atoms with E-state index in [2.05, 4.69) is 0 Å². The SMILES string of the molecule is CCc1ccc(O[C@@H]2O[C@@H](C(=O)OC)[C@@H](OC(C)=O)[C@@H](OC(C)=O)[C@H]2OC(C)=O)cc1. The van der Waals surface area contributed by atoms with E-state index in [1.54, 1.807) is 12.1 Å². The van der Waals surface area contributed by atoms with Gasteiger partial charge in [0, 0.05) is 20.8 Å². The maximum atomic E-state index is 12.4. The molecule has 0 spiro atoms. The number of esters is 4. The fraction of sp³-hybridized carbons (Fsp3) is 0.524. The average Bonchev–Trinajstić information content (AvgIpc) is 2.71. The summed E-state index contributed by atoms with van der Waals surface area (Å²) in [5.41, 5.74) is 1.06. The summed E-state index contributed by atoms with van der Waals surface area (Å²) < 4.78 is 32.0. The van der Waals surface area contributed by atoms with Gasteiger partial charge < -0.3 is 28.4 Å². The number of methoxy groups -OCH3 is 1. The monoisotopic (exact) mass is 438 g/mol. The topological polar surface area (TPSA) is 124 Å². The molecule has 1 aromatic carbocycles. The number of hydrogen-bond donors (Lipinski definition) is 0. The van der Waals surface area contributed by atoms with Crippen molar-refractivity contribution < 1.29 is 47.6 Å². The van der Waals surface area contributed by atoms with Crippen LogP contribution in [0.4, 0.5) is 0 Å². The van der Waals surface area contributed by atoms with Crippen molar-refractivity contribution in [3.05, 3.63) is 29.8 Å². The summed E-state index contributed by atoms with van der Waals surface area (Å²) in [7, 11) is 1.12. The summed E-state index contributed by atoms with van der Waals surface area (Å²) in [5.74, 6) is -2.78. The van der Waals surface area contributed by atoms with Gasteiger partial charge in [0.1, 0.15) is 5.75 Å². The molecule has 1 heterocycles. The molecule has 10 heteroatoms. The van der Waals surface area contributed by atoms with Gasteiger partial charge in [0.05, 0.1) is 7.11 Å². The first-order chi connectivity index (χ1) is 14.7. The minimum Gasteiger partial charge on any atom is -0.467 e. The zero-order chi connectivity index (χ0) is 23.1. The van der Waals surface area contributed by atoms with E-state index in [9.17, 15) is 19.2 Å². The lowest BCUT2D eigenvalue weighted by Crippen LogP contribution is -2.64. The van der Waals surface area contributed by atoms with Gasteiger partial charge in [-0.05, 0) is 24.1 Å². The van der Waals surface area contributed by atoms with Gasteiger partial charge in [-0.3, -0.25) is 14.4 Å². The Balaban J connectivity index is 2.46. The Morgan fingerprint density at radius 2 is 1.35 bits per heavy atom. The first-order valence-corrected chi connectivity index (χ1v) is 9.66. The molecule has 0 saturated carbocycles. The molecule has 0 aliphatic carbocycles. The number of ether oxygens (including phenoxy) is 6. The number of carbonyl (C=O) groups is 4. The van der Waals surface area contributed by atoms with Crippen LogP contribution in [0.5, 0.6) is 5.75 Å². The molecule has 1 aromatic rings. The Kier molecular flexibility index (Phi) is 8.38. The van der Waals surface area contributed by atoms with E-state index in [-0.39, 0.29) is 0 Å². The molecule has 0 amide bonds. The van der Waals surface area contributed by atoms with Crippen LogP contribution in [-0.2, 0) is 49.3 Å². The molecule has 0 aromatic heterocycles. The average molecular weight is 438 g/mol. The van der Waals surface area contributed by atoms with Crippen molar-refractivity contribution in [2.75, 3.05) is 7.11 Å².